The summed E-state index contributed by atoms with van der Waals surface area (Å²) < 4.78 is 0. The second-order valence-corrected chi connectivity index (χ2v) is 5.31. The Morgan fingerprint density at radius 1 is 1.15 bits per heavy atom. The van der Waals surface area contributed by atoms with Crippen molar-refractivity contribution < 1.29 is 4.79 Å². The highest BCUT2D eigenvalue weighted by atomic mass is 35.5. The van der Waals surface area contributed by atoms with Crippen molar-refractivity contribution in [2.45, 2.75) is 12.8 Å². The Hall–Kier alpha value is -1.82. The van der Waals surface area contributed by atoms with E-state index in [0.717, 1.165) is 5.56 Å². The van der Waals surface area contributed by atoms with Crippen LogP contribution in [0.3, 0.4) is 0 Å². The van der Waals surface area contributed by atoms with Crippen LogP contribution in [0.5, 0.6) is 0 Å². The van der Waals surface area contributed by atoms with Crippen molar-refractivity contribution in [2.24, 2.45) is 0 Å². The molecule has 0 aliphatic rings. The molecule has 1 unspecified atom stereocenters. The van der Waals surface area contributed by atoms with Crippen molar-refractivity contribution in [3.63, 3.8) is 0 Å². The summed E-state index contributed by atoms with van der Waals surface area (Å²) in [6.07, 6.45) is 0. The third-order valence-corrected chi connectivity index (χ3v) is 3.50. The third-order valence-electron chi connectivity index (χ3n) is 3.03. The molecule has 20 heavy (non-hydrogen) atoms. The molecule has 0 saturated heterocycles. The van der Waals surface area contributed by atoms with Gasteiger partial charge >= 0.3 is 0 Å². The fourth-order valence-electron chi connectivity index (χ4n) is 2.03. The Labute approximate surface area is 127 Å². The standard InChI is InChI=1S/C16H11Cl2NO/c1-10-7-13(18)5-6-14(10)16(20)15(9-19)11-3-2-4-12(17)8-11/h2-8,15H,1H3. The third kappa shape index (κ3) is 3.01. The fourth-order valence-corrected chi connectivity index (χ4v) is 2.46. The van der Waals surface area contributed by atoms with Gasteiger partial charge in [-0.3, -0.25) is 4.79 Å². The van der Waals surface area contributed by atoms with Crippen LogP contribution in [0, 0.1) is 18.3 Å². The van der Waals surface area contributed by atoms with Gasteiger partial charge in [-0.1, -0.05) is 35.3 Å². The Balaban J connectivity index is 2.42. The quantitative estimate of drug-likeness (QED) is 0.765. The molecule has 0 aliphatic heterocycles. The van der Waals surface area contributed by atoms with Crippen LogP contribution in [-0.4, -0.2) is 5.78 Å². The molecule has 0 N–H and O–H groups in total. The molecular formula is C16H11Cl2NO. The molecule has 0 fully saturated rings. The van der Waals surface area contributed by atoms with E-state index >= 15 is 0 Å². The van der Waals surface area contributed by atoms with Crippen molar-refractivity contribution >= 4 is 29.0 Å². The minimum Gasteiger partial charge on any atom is -0.292 e. The lowest BCUT2D eigenvalue weighted by Crippen LogP contribution is -2.12. The van der Waals surface area contributed by atoms with Crippen LogP contribution in [-0.2, 0) is 0 Å². The lowest BCUT2D eigenvalue weighted by Gasteiger charge is -2.11. The van der Waals surface area contributed by atoms with Crippen LogP contribution in [0.2, 0.25) is 10.0 Å². The highest BCUT2D eigenvalue weighted by Crippen LogP contribution is 2.25. The van der Waals surface area contributed by atoms with Crippen LogP contribution in [0.1, 0.15) is 27.4 Å². The zero-order valence-corrected chi connectivity index (χ0v) is 12.2. The number of carbonyl (C=O) groups is 1. The molecule has 2 rings (SSSR count). The van der Waals surface area contributed by atoms with Gasteiger partial charge in [-0.25, -0.2) is 0 Å². The zero-order chi connectivity index (χ0) is 14.7. The lowest BCUT2D eigenvalue weighted by molar-refractivity contribution is 0.0978. The van der Waals surface area contributed by atoms with E-state index < -0.39 is 5.92 Å². The first-order valence-corrected chi connectivity index (χ1v) is 6.74. The van der Waals surface area contributed by atoms with Gasteiger partial charge < -0.3 is 0 Å². The molecule has 100 valence electrons. The molecule has 0 aliphatic carbocycles. The number of carbonyl (C=O) groups excluding carboxylic acids is 1. The summed E-state index contributed by atoms with van der Waals surface area (Å²) in [7, 11) is 0. The van der Waals surface area contributed by atoms with Crippen molar-refractivity contribution in [2.75, 3.05) is 0 Å². The van der Waals surface area contributed by atoms with Gasteiger partial charge in [0.25, 0.3) is 0 Å². The molecule has 0 heterocycles. The van der Waals surface area contributed by atoms with E-state index in [1.165, 1.54) is 0 Å². The summed E-state index contributed by atoms with van der Waals surface area (Å²) in [4.78, 5) is 12.5. The summed E-state index contributed by atoms with van der Waals surface area (Å²) in [5, 5.41) is 10.4. The fraction of sp³-hybridized carbons (Fsp3) is 0.125. The molecule has 2 aromatic carbocycles. The molecule has 0 saturated carbocycles. The van der Waals surface area contributed by atoms with Gasteiger partial charge in [-0.2, -0.15) is 5.26 Å². The summed E-state index contributed by atoms with van der Waals surface area (Å²) in [6.45, 7) is 1.80. The number of hydrogen-bond acceptors (Lipinski definition) is 2. The Morgan fingerprint density at radius 3 is 2.45 bits per heavy atom. The van der Waals surface area contributed by atoms with Gasteiger partial charge in [0, 0.05) is 15.6 Å². The maximum absolute atomic E-state index is 12.5. The average molecular weight is 304 g/mol. The van der Waals surface area contributed by atoms with E-state index in [4.69, 9.17) is 23.2 Å². The first-order chi connectivity index (χ1) is 9.52. The molecule has 2 nitrogen and oxygen atoms in total. The highest BCUT2D eigenvalue weighted by Gasteiger charge is 2.23. The average Bonchev–Trinajstić information content (AvgIpc) is 2.39. The smallest absolute Gasteiger partial charge is 0.184 e. The van der Waals surface area contributed by atoms with Gasteiger partial charge in [0.05, 0.1) is 6.07 Å². The number of rotatable bonds is 3. The summed E-state index contributed by atoms with van der Waals surface area (Å²) in [5.41, 5.74) is 1.85. The Kier molecular flexibility index (Phi) is 4.44. The van der Waals surface area contributed by atoms with Crippen molar-refractivity contribution in [3.05, 3.63) is 69.2 Å². The summed E-state index contributed by atoms with van der Waals surface area (Å²) in [6, 6.07) is 13.8. The van der Waals surface area contributed by atoms with E-state index in [1.54, 1.807) is 49.4 Å². The first-order valence-electron chi connectivity index (χ1n) is 5.98. The number of nitrogens with zero attached hydrogens (tertiary/aromatic N) is 1. The van der Waals surface area contributed by atoms with E-state index in [-0.39, 0.29) is 5.78 Å². The molecule has 0 amide bonds. The van der Waals surface area contributed by atoms with Gasteiger partial charge in [-0.15, -0.1) is 0 Å². The Bertz CT molecular complexity index is 704. The number of hydrogen-bond donors (Lipinski definition) is 0. The van der Waals surface area contributed by atoms with Gasteiger partial charge in [0.1, 0.15) is 5.92 Å². The normalized spacial score (nSPS) is 11.7. The largest absolute Gasteiger partial charge is 0.292 e. The van der Waals surface area contributed by atoms with Crippen LogP contribution in [0.25, 0.3) is 0 Å². The number of aryl methyl sites for hydroxylation is 1. The second-order valence-electron chi connectivity index (χ2n) is 4.44. The first kappa shape index (κ1) is 14.6. The van der Waals surface area contributed by atoms with Crippen molar-refractivity contribution in [3.8, 4) is 6.07 Å². The maximum Gasteiger partial charge on any atom is 0.184 e. The summed E-state index contributed by atoms with van der Waals surface area (Å²) >= 11 is 11.8. The van der Waals surface area contributed by atoms with Gasteiger partial charge in [0.2, 0.25) is 0 Å². The number of halogens is 2. The predicted molar refractivity (Wildman–Crippen MR) is 80.3 cm³/mol. The maximum atomic E-state index is 12.5. The Morgan fingerprint density at radius 2 is 1.85 bits per heavy atom. The van der Waals surface area contributed by atoms with E-state index in [2.05, 4.69) is 0 Å². The number of benzene rings is 2. The summed E-state index contributed by atoms with van der Waals surface area (Å²) in [5.74, 6) is -1.11. The number of Topliss-reactive ketones (excluding diaryl/α,β-unsaturated/α-hetero) is 1. The van der Waals surface area contributed by atoms with E-state index in [1.807, 2.05) is 6.07 Å². The minimum absolute atomic E-state index is 0.246. The monoisotopic (exact) mass is 303 g/mol. The van der Waals surface area contributed by atoms with Crippen LogP contribution < -0.4 is 0 Å². The number of ketones is 1. The van der Waals surface area contributed by atoms with Crippen LogP contribution in [0.15, 0.2) is 42.5 Å². The minimum atomic E-state index is -0.867. The zero-order valence-electron chi connectivity index (χ0n) is 10.7. The molecule has 4 heteroatoms. The molecule has 2 aromatic rings. The van der Waals surface area contributed by atoms with Crippen molar-refractivity contribution in [1.82, 2.24) is 0 Å². The molecule has 0 bridgehead atoms. The molecule has 0 aromatic heterocycles. The molecule has 1 atom stereocenters. The SMILES string of the molecule is Cc1cc(Cl)ccc1C(=O)C(C#N)c1cccc(Cl)c1. The van der Waals surface area contributed by atoms with Crippen LogP contribution >= 0.6 is 23.2 Å². The predicted octanol–water partition coefficient (Wildman–Crippen LogP) is 4.79. The lowest BCUT2D eigenvalue weighted by atomic mass is 9.90. The van der Waals surface area contributed by atoms with Crippen molar-refractivity contribution in [1.29, 1.82) is 5.26 Å². The molecular weight excluding hydrogens is 293 g/mol. The molecule has 0 radical (unpaired) electrons. The highest BCUT2D eigenvalue weighted by molar-refractivity contribution is 6.31. The molecule has 0 spiro atoms. The van der Waals surface area contributed by atoms with E-state index in [0.29, 0.717) is 21.2 Å². The number of nitriles is 1. The van der Waals surface area contributed by atoms with Gasteiger partial charge in [0.15, 0.2) is 5.78 Å². The van der Waals surface area contributed by atoms with Crippen LogP contribution in [0.4, 0.5) is 0 Å². The van der Waals surface area contributed by atoms with E-state index in [9.17, 15) is 10.1 Å². The topological polar surface area (TPSA) is 40.9 Å². The second kappa shape index (κ2) is 6.09. The van der Waals surface area contributed by atoms with Gasteiger partial charge in [-0.05, 0) is 48.4 Å².